The monoisotopic (exact) mass is 254 g/mol. The lowest BCUT2D eigenvalue weighted by Crippen LogP contribution is -2.50. The lowest BCUT2D eigenvalue weighted by molar-refractivity contribution is -0.142. The summed E-state index contributed by atoms with van der Waals surface area (Å²) in [5.74, 6) is -0.903. The van der Waals surface area contributed by atoms with Gasteiger partial charge in [-0.2, -0.15) is 0 Å². The molecule has 0 aromatic heterocycles. The average Bonchev–Trinajstić information content (AvgIpc) is 2.60. The first kappa shape index (κ1) is 14.5. The van der Waals surface area contributed by atoms with E-state index in [0.29, 0.717) is 26.1 Å². The van der Waals surface area contributed by atoms with E-state index >= 15 is 0 Å². The summed E-state index contributed by atoms with van der Waals surface area (Å²) in [6.07, 6.45) is 4.94. The van der Waals surface area contributed by atoms with Crippen molar-refractivity contribution >= 4 is 12.0 Å². The standard InChI is InChI=1S/C13H22N2O3/c1-3-9-14(4-2)13(18)15-10-7-5-6-8-11(15)12(16)17/h3,11H,1,4-10H2,2H3,(H,16,17). The Balaban J connectivity index is 2.83. The summed E-state index contributed by atoms with van der Waals surface area (Å²) in [7, 11) is 0. The topological polar surface area (TPSA) is 60.9 Å². The van der Waals surface area contributed by atoms with Gasteiger partial charge in [0, 0.05) is 19.6 Å². The van der Waals surface area contributed by atoms with Gasteiger partial charge in [0.05, 0.1) is 0 Å². The highest BCUT2D eigenvalue weighted by atomic mass is 16.4. The van der Waals surface area contributed by atoms with Gasteiger partial charge in [0.15, 0.2) is 0 Å². The number of rotatable bonds is 4. The van der Waals surface area contributed by atoms with Crippen molar-refractivity contribution < 1.29 is 14.7 Å². The number of likely N-dealkylation sites (tertiary alicyclic amines) is 1. The van der Waals surface area contributed by atoms with Crippen LogP contribution in [0.5, 0.6) is 0 Å². The molecule has 102 valence electrons. The van der Waals surface area contributed by atoms with E-state index in [9.17, 15) is 14.7 Å². The Hall–Kier alpha value is -1.52. The minimum atomic E-state index is -0.903. The van der Waals surface area contributed by atoms with E-state index < -0.39 is 12.0 Å². The van der Waals surface area contributed by atoms with Gasteiger partial charge in [-0.1, -0.05) is 18.9 Å². The third kappa shape index (κ3) is 3.48. The number of amides is 2. The summed E-state index contributed by atoms with van der Waals surface area (Å²) in [6, 6.07) is -0.870. The van der Waals surface area contributed by atoms with E-state index in [1.165, 1.54) is 4.90 Å². The van der Waals surface area contributed by atoms with Gasteiger partial charge in [-0.05, 0) is 19.8 Å². The minimum absolute atomic E-state index is 0.188. The zero-order chi connectivity index (χ0) is 13.5. The molecular weight excluding hydrogens is 232 g/mol. The largest absolute Gasteiger partial charge is 0.480 e. The molecule has 1 unspecified atom stereocenters. The molecular formula is C13H22N2O3. The maximum atomic E-state index is 12.3. The molecule has 1 fully saturated rings. The number of likely N-dealkylation sites (N-methyl/N-ethyl adjacent to an activating group) is 1. The summed E-state index contributed by atoms with van der Waals surface area (Å²) >= 11 is 0. The van der Waals surface area contributed by atoms with E-state index in [1.807, 2.05) is 6.92 Å². The van der Waals surface area contributed by atoms with Crippen molar-refractivity contribution in [2.75, 3.05) is 19.6 Å². The van der Waals surface area contributed by atoms with Gasteiger partial charge in [-0.3, -0.25) is 0 Å². The molecule has 1 saturated heterocycles. The number of carboxylic acid groups (broad SMARTS) is 1. The van der Waals surface area contributed by atoms with Crippen LogP contribution in [0.3, 0.4) is 0 Å². The average molecular weight is 254 g/mol. The second kappa shape index (κ2) is 7.03. The van der Waals surface area contributed by atoms with Crippen LogP contribution < -0.4 is 0 Å². The van der Waals surface area contributed by atoms with Crippen LogP contribution >= 0.6 is 0 Å². The van der Waals surface area contributed by atoms with Crippen LogP contribution in [-0.4, -0.2) is 52.6 Å². The molecule has 0 aliphatic carbocycles. The molecule has 0 radical (unpaired) electrons. The molecule has 5 heteroatoms. The third-order valence-corrected chi connectivity index (χ3v) is 3.29. The number of carbonyl (C=O) groups excluding carboxylic acids is 1. The summed E-state index contributed by atoms with van der Waals surface area (Å²) in [6.45, 7) is 7.05. The Labute approximate surface area is 108 Å². The van der Waals surface area contributed by atoms with Gasteiger partial charge in [0.25, 0.3) is 0 Å². The molecule has 1 N–H and O–H groups in total. The van der Waals surface area contributed by atoms with Gasteiger partial charge in [-0.25, -0.2) is 9.59 Å². The first-order chi connectivity index (χ1) is 8.61. The fourth-order valence-corrected chi connectivity index (χ4v) is 2.27. The number of hydrogen-bond acceptors (Lipinski definition) is 2. The molecule has 1 aliphatic heterocycles. The highest BCUT2D eigenvalue weighted by Crippen LogP contribution is 2.18. The molecule has 0 spiro atoms. The van der Waals surface area contributed by atoms with Gasteiger partial charge < -0.3 is 14.9 Å². The number of carboxylic acids is 1. The molecule has 1 rings (SSSR count). The first-order valence-corrected chi connectivity index (χ1v) is 6.51. The van der Waals surface area contributed by atoms with Crippen molar-refractivity contribution in [2.45, 2.75) is 38.6 Å². The zero-order valence-corrected chi connectivity index (χ0v) is 11.0. The number of carbonyl (C=O) groups is 2. The fourth-order valence-electron chi connectivity index (χ4n) is 2.27. The smallest absolute Gasteiger partial charge is 0.326 e. The van der Waals surface area contributed by atoms with Crippen LogP contribution in [0, 0.1) is 0 Å². The molecule has 5 nitrogen and oxygen atoms in total. The summed E-state index contributed by atoms with van der Waals surface area (Å²) < 4.78 is 0. The molecule has 2 amide bonds. The van der Waals surface area contributed by atoms with Crippen LogP contribution in [0.4, 0.5) is 4.79 Å². The van der Waals surface area contributed by atoms with E-state index in [0.717, 1.165) is 19.3 Å². The summed E-state index contributed by atoms with van der Waals surface area (Å²) in [5, 5.41) is 9.23. The lowest BCUT2D eigenvalue weighted by atomic mass is 10.1. The Morgan fingerprint density at radius 2 is 2.17 bits per heavy atom. The molecule has 0 aromatic carbocycles. The minimum Gasteiger partial charge on any atom is -0.480 e. The maximum absolute atomic E-state index is 12.3. The van der Waals surface area contributed by atoms with Crippen LogP contribution in [0.1, 0.15) is 32.6 Å². The predicted molar refractivity (Wildman–Crippen MR) is 69.4 cm³/mol. The van der Waals surface area contributed by atoms with Crippen molar-refractivity contribution in [1.82, 2.24) is 9.80 Å². The van der Waals surface area contributed by atoms with E-state index in [1.54, 1.807) is 11.0 Å². The van der Waals surface area contributed by atoms with Crippen molar-refractivity contribution in [3.8, 4) is 0 Å². The highest BCUT2D eigenvalue weighted by Gasteiger charge is 2.32. The maximum Gasteiger partial charge on any atom is 0.326 e. The normalized spacial score (nSPS) is 20.1. The quantitative estimate of drug-likeness (QED) is 0.780. The van der Waals surface area contributed by atoms with Crippen LogP contribution in [-0.2, 0) is 4.79 Å². The van der Waals surface area contributed by atoms with Crippen molar-refractivity contribution in [3.05, 3.63) is 12.7 Å². The Morgan fingerprint density at radius 1 is 1.44 bits per heavy atom. The van der Waals surface area contributed by atoms with E-state index in [-0.39, 0.29) is 6.03 Å². The molecule has 0 aromatic rings. The fraction of sp³-hybridized carbons (Fsp3) is 0.692. The van der Waals surface area contributed by atoms with Crippen molar-refractivity contribution in [3.63, 3.8) is 0 Å². The van der Waals surface area contributed by atoms with Gasteiger partial charge in [-0.15, -0.1) is 6.58 Å². The SMILES string of the molecule is C=CCN(CC)C(=O)N1CCCCCC1C(=O)O. The van der Waals surface area contributed by atoms with Gasteiger partial charge in [0.1, 0.15) is 6.04 Å². The molecule has 0 bridgehead atoms. The van der Waals surface area contributed by atoms with Gasteiger partial charge >= 0.3 is 12.0 Å². The predicted octanol–water partition coefficient (Wildman–Crippen LogP) is 1.94. The summed E-state index contributed by atoms with van der Waals surface area (Å²) in [5.41, 5.74) is 0. The summed E-state index contributed by atoms with van der Waals surface area (Å²) in [4.78, 5) is 26.7. The highest BCUT2D eigenvalue weighted by molar-refractivity contribution is 5.82. The van der Waals surface area contributed by atoms with E-state index in [2.05, 4.69) is 6.58 Å². The Kier molecular flexibility index (Phi) is 5.68. The third-order valence-electron chi connectivity index (χ3n) is 3.29. The van der Waals surface area contributed by atoms with Crippen molar-refractivity contribution in [1.29, 1.82) is 0 Å². The van der Waals surface area contributed by atoms with Crippen LogP contribution in [0.2, 0.25) is 0 Å². The first-order valence-electron chi connectivity index (χ1n) is 6.51. The lowest BCUT2D eigenvalue weighted by Gasteiger charge is -2.32. The molecule has 1 aliphatic rings. The Morgan fingerprint density at radius 3 is 2.72 bits per heavy atom. The van der Waals surface area contributed by atoms with Gasteiger partial charge in [0.2, 0.25) is 0 Å². The molecule has 18 heavy (non-hydrogen) atoms. The van der Waals surface area contributed by atoms with Crippen LogP contribution in [0.15, 0.2) is 12.7 Å². The number of urea groups is 1. The Bertz CT molecular complexity index is 317. The molecule has 1 atom stereocenters. The molecule has 1 heterocycles. The second-order valence-corrected chi connectivity index (χ2v) is 4.51. The second-order valence-electron chi connectivity index (χ2n) is 4.51. The number of hydrogen-bond donors (Lipinski definition) is 1. The molecule has 0 saturated carbocycles. The van der Waals surface area contributed by atoms with Crippen LogP contribution in [0.25, 0.3) is 0 Å². The van der Waals surface area contributed by atoms with E-state index in [4.69, 9.17) is 0 Å². The number of aliphatic carboxylic acids is 1. The zero-order valence-electron chi connectivity index (χ0n) is 11.0. The number of nitrogens with zero attached hydrogens (tertiary/aromatic N) is 2. The van der Waals surface area contributed by atoms with Crippen molar-refractivity contribution in [2.24, 2.45) is 0 Å².